The zero-order chi connectivity index (χ0) is 18.2. The van der Waals surface area contributed by atoms with Crippen molar-refractivity contribution in [3.63, 3.8) is 0 Å². The number of ether oxygens (including phenoxy) is 3. The number of rotatable bonds is 8. The molecule has 9 heteroatoms. The second-order valence-electron chi connectivity index (χ2n) is 5.06. The third-order valence-corrected chi connectivity index (χ3v) is 3.18. The largest absolute Gasteiger partial charge is 0.493 e. The maximum atomic E-state index is 11.5. The van der Waals surface area contributed by atoms with Gasteiger partial charge in [-0.1, -0.05) is 6.92 Å². The van der Waals surface area contributed by atoms with Gasteiger partial charge < -0.3 is 14.2 Å². The van der Waals surface area contributed by atoms with Gasteiger partial charge in [-0.15, -0.1) is 10.2 Å². The number of H-pyrrole nitrogens is 1. The van der Waals surface area contributed by atoms with E-state index in [-0.39, 0.29) is 17.2 Å². The van der Waals surface area contributed by atoms with Gasteiger partial charge in [-0.05, 0) is 25.5 Å². The first-order valence-corrected chi connectivity index (χ1v) is 7.70. The normalized spacial score (nSPS) is 10.7. The highest BCUT2D eigenvalue weighted by molar-refractivity contribution is 5.82. The second kappa shape index (κ2) is 8.67. The summed E-state index contributed by atoms with van der Waals surface area (Å²) in [7, 11) is 3.11. The lowest BCUT2D eigenvalue weighted by Gasteiger charge is -2.14. The molecule has 2 aromatic rings. The molecule has 1 aromatic carbocycles. The Balaban J connectivity index is 2.20. The number of hydrogen-bond donors (Lipinski definition) is 2. The number of nitrogens with one attached hydrogen (secondary N) is 2. The average Bonchev–Trinajstić information content (AvgIpc) is 2.62. The molecule has 0 aliphatic rings. The van der Waals surface area contributed by atoms with Crippen LogP contribution in [0.15, 0.2) is 22.0 Å². The zero-order valence-corrected chi connectivity index (χ0v) is 14.6. The average molecular weight is 347 g/mol. The van der Waals surface area contributed by atoms with Crippen molar-refractivity contribution in [2.24, 2.45) is 5.10 Å². The number of aromatic nitrogens is 3. The van der Waals surface area contributed by atoms with Gasteiger partial charge in [0.2, 0.25) is 11.7 Å². The van der Waals surface area contributed by atoms with E-state index >= 15 is 0 Å². The van der Waals surface area contributed by atoms with E-state index in [1.807, 2.05) is 6.92 Å². The van der Waals surface area contributed by atoms with E-state index in [1.165, 1.54) is 6.21 Å². The summed E-state index contributed by atoms with van der Waals surface area (Å²) in [6.07, 6.45) is 2.41. The number of anilines is 1. The first kappa shape index (κ1) is 18.2. The molecular formula is C16H21N5O4. The summed E-state index contributed by atoms with van der Waals surface area (Å²) in [4.78, 5) is 14.0. The lowest BCUT2D eigenvalue weighted by molar-refractivity contribution is 0.275. The number of methoxy groups -OCH3 is 2. The van der Waals surface area contributed by atoms with E-state index in [4.69, 9.17) is 14.2 Å². The van der Waals surface area contributed by atoms with Crippen molar-refractivity contribution in [3.8, 4) is 17.2 Å². The van der Waals surface area contributed by atoms with Gasteiger partial charge in [-0.3, -0.25) is 9.78 Å². The van der Waals surface area contributed by atoms with Crippen molar-refractivity contribution < 1.29 is 14.2 Å². The van der Waals surface area contributed by atoms with Crippen LogP contribution in [0.4, 0.5) is 5.95 Å². The molecule has 0 fully saturated rings. The lowest BCUT2D eigenvalue weighted by atomic mass is 10.2. The molecule has 0 radical (unpaired) electrons. The molecule has 0 bridgehead atoms. The molecule has 0 aliphatic carbocycles. The summed E-state index contributed by atoms with van der Waals surface area (Å²) in [6, 6.07) is 3.53. The highest BCUT2D eigenvalue weighted by Gasteiger charge is 2.13. The minimum Gasteiger partial charge on any atom is -0.493 e. The monoisotopic (exact) mass is 347 g/mol. The van der Waals surface area contributed by atoms with E-state index in [0.717, 1.165) is 6.42 Å². The van der Waals surface area contributed by atoms with Crippen molar-refractivity contribution in [1.82, 2.24) is 15.2 Å². The van der Waals surface area contributed by atoms with E-state index in [9.17, 15) is 4.79 Å². The number of aryl methyl sites for hydroxylation is 1. The van der Waals surface area contributed by atoms with Crippen LogP contribution < -0.4 is 25.2 Å². The van der Waals surface area contributed by atoms with E-state index in [1.54, 1.807) is 33.3 Å². The molecule has 0 spiro atoms. The Bertz CT molecular complexity index is 778. The standard InChI is InChI=1S/C16H21N5O4/c1-5-6-25-14-12(23-3)7-11(8-13(14)24-4)9-17-20-16-18-15(22)10(2)19-21-16/h7-9H,5-6H2,1-4H3,(H2,18,20,21,22)/b17-9+. The minimum absolute atomic E-state index is 0.147. The fourth-order valence-corrected chi connectivity index (χ4v) is 1.93. The number of hydrogen-bond acceptors (Lipinski definition) is 8. The van der Waals surface area contributed by atoms with Crippen LogP contribution in [0.5, 0.6) is 17.2 Å². The van der Waals surface area contributed by atoms with Gasteiger partial charge in [0, 0.05) is 5.56 Å². The van der Waals surface area contributed by atoms with Crippen molar-refractivity contribution >= 4 is 12.2 Å². The molecule has 25 heavy (non-hydrogen) atoms. The Morgan fingerprint density at radius 1 is 1.24 bits per heavy atom. The molecule has 9 nitrogen and oxygen atoms in total. The number of aromatic amines is 1. The first-order chi connectivity index (χ1) is 12.1. The Kier molecular flexibility index (Phi) is 6.33. The Labute approximate surface area is 145 Å². The van der Waals surface area contributed by atoms with Crippen molar-refractivity contribution in [1.29, 1.82) is 0 Å². The maximum absolute atomic E-state index is 11.5. The van der Waals surface area contributed by atoms with Gasteiger partial charge >= 0.3 is 0 Å². The molecule has 0 saturated heterocycles. The third-order valence-electron chi connectivity index (χ3n) is 3.18. The summed E-state index contributed by atoms with van der Waals surface area (Å²) < 4.78 is 16.4. The number of hydrazone groups is 1. The van der Waals surface area contributed by atoms with Gasteiger partial charge in [-0.2, -0.15) is 5.10 Å². The van der Waals surface area contributed by atoms with Crippen molar-refractivity contribution in [2.45, 2.75) is 20.3 Å². The van der Waals surface area contributed by atoms with Crippen LogP contribution in [0.3, 0.4) is 0 Å². The SMILES string of the molecule is CCCOc1c(OC)cc(/C=N/Nc2nnc(C)c(=O)[nH]2)cc1OC. The quantitative estimate of drug-likeness (QED) is 0.552. The van der Waals surface area contributed by atoms with Crippen molar-refractivity contribution in [2.75, 3.05) is 26.3 Å². The molecule has 0 saturated carbocycles. The Morgan fingerprint density at radius 2 is 1.92 bits per heavy atom. The van der Waals surface area contributed by atoms with Crippen LogP contribution in [-0.2, 0) is 0 Å². The van der Waals surface area contributed by atoms with Gasteiger partial charge in [0.05, 0.1) is 27.0 Å². The smallest absolute Gasteiger partial charge is 0.274 e. The highest BCUT2D eigenvalue weighted by Crippen LogP contribution is 2.38. The molecule has 134 valence electrons. The van der Waals surface area contributed by atoms with Crippen LogP contribution in [0.2, 0.25) is 0 Å². The molecule has 0 aliphatic heterocycles. The predicted molar refractivity (Wildman–Crippen MR) is 93.9 cm³/mol. The topological polar surface area (TPSA) is 111 Å². The molecule has 1 heterocycles. The second-order valence-corrected chi connectivity index (χ2v) is 5.06. The van der Waals surface area contributed by atoms with E-state index < -0.39 is 0 Å². The predicted octanol–water partition coefficient (Wildman–Crippen LogP) is 1.73. The highest BCUT2D eigenvalue weighted by atomic mass is 16.5. The molecule has 2 N–H and O–H groups in total. The summed E-state index contributed by atoms with van der Waals surface area (Å²) in [5.74, 6) is 1.77. The van der Waals surface area contributed by atoms with Gasteiger partial charge in [0.1, 0.15) is 5.69 Å². The fourth-order valence-electron chi connectivity index (χ4n) is 1.93. The van der Waals surface area contributed by atoms with Gasteiger partial charge in [0.15, 0.2) is 11.5 Å². The first-order valence-electron chi connectivity index (χ1n) is 7.70. The number of nitrogens with zero attached hydrogens (tertiary/aromatic N) is 3. The lowest BCUT2D eigenvalue weighted by Crippen LogP contribution is -2.15. The van der Waals surface area contributed by atoms with Crippen LogP contribution in [0, 0.1) is 6.92 Å². The van der Waals surface area contributed by atoms with Crippen LogP contribution >= 0.6 is 0 Å². The summed E-state index contributed by atoms with van der Waals surface area (Å²) in [5.41, 5.74) is 3.29. The molecule has 0 amide bonds. The van der Waals surface area contributed by atoms with E-state index in [0.29, 0.717) is 29.4 Å². The van der Waals surface area contributed by atoms with Gasteiger partial charge in [0.25, 0.3) is 5.56 Å². The minimum atomic E-state index is -0.325. The molecule has 2 rings (SSSR count). The fraction of sp³-hybridized carbons (Fsp3) is 0.375. The molecule has 0 atom stereocenters. The van der Waals surface area contributed by atoms with Crippen LogP contribution in [0.1, 0.15) is 24.6 Å². The van der Waals surface area contributed by atoms with Crippen LogP contribution in [0.25, 0.3) is 0 Å². The Hall–Kier alpha value is -3.10. The number of benzene rings is 1. The molecular weight excluding hydrogens is 326 g/mol. The summed E-state index contributed by atoms with van der Waals surface area (Å²) in [6.45, 7) is 4.14. The summed E-state index contributed by atoms with van der Waals surface area (Å²) in [5, 5.41) is 11.5. The summed E-state index contributed by atoms with van der Waals surface area (Å²) >= 11 is 0. The van der Waals surface area contributed by atoms with Gasteiger partial charge in [-0.25, -0.2) is 5.43 Å². The van der Waals surface area contributed by atoms with Crippen molar-refractivity contribution in [3.05, 3.63) is 33.7 Å². The maximum Gasteiger partial charge on any atom is 0.274 e. The van der Waals surface area contributed by atoms with Crippen LogP contribution in [-0.4, -0.2) is 42.2 Å². The third kappa shape index (κ3) is 4.69. The zero-order valence-electron chi connectivity index (χ0n) is 14.6. The molecule has 1 aromatic heterocycles. The molecule has 0 unspecified atom stereocenters. The Morgan fingerprint density at radius 3 is 2.48 bits per heavy atom. The van der Waals surface area contributed by atoms with E-state index in [2.05, 4.69) is 25.7 Å².